The first-order chi connectivity index (χ1) is 33.5. The van der Waals surface area contributed by atoms with E-state index in [1.54, 1.807) is 0 Å². The van der Waals surface area contributed by atoms with Gasteiger partial charge in [0.15, 0.2) is 0 Å². The van der Waals surface area contributed by atoms with Gasteiger partial charge in [-0.3, -0.25) is 0 Å². The number of nitrogens with zero attached hydrogens (tertiary/aromatic N) is 3. The van der Waals surface area contributed by atoms with Gasteiger partial charge in [-0.05, 0) is 193 Å². The fraction of sp³-hybridized carbons (Fsp3) is 0.636. The van der Waals surface area contributed by atoms with E-state index in [1.165, 1.54) is 80.9 Å². The van der Waals surface area contributed by atoms with Crippen LogP contribution in [0.1, 0.15) is 182 Å². The SMILES string of the molecule is CC1CCC(C(C)C)C(C(c2ccccc2)(c2cc(-n3nc4ccccc4n3)cc(C(c3ccccc3O)(C3CC(C)CCC3C(C)C)C3CC(C)CCC3C(C)C)c2)C2CC(C)CCC2C(C)C)C1. The number of aromatic hydroxyl groups is 1. The van der Waals surface area contributed by atoms with Crippen molar-refractivity contribution in [1.29, 1.82) is 0 Å². The average Bonchev–Trinajstić information content (AvgIpc) is 3.78. The number of phenols is 1. The molecule has 4 aromatic carbocycles. The molecule has 9 rings (SSSR count). The Hall–Kier alpha value is -3.92. The molecule has 4 fully saturated rings. The summed E-state index contributed by atoms with van der Waals surface area (Å²) >= 11 is 0. The standard InChI is InChI=1S/C66H93N3O/c1-41(2)53-30-26-45(9)34-58(53)65(49-20-14-13-15-21-49,59-35-46(10)27-31-54(59)42(3)4)50-38-51(40-52(39-50)69-67-62-23-17-18-24-63(62)68-69)66(57-22-16-19-25-64(57)70,60-36-47(11)28-32-55(60)43(5)6)61-37-48(12)29-33-56(61)44(7)8/h13-25,38-48,53-56,58-61,70H,26-37H2,1-12H3. The second-order valence-corrected chi connectivity index (χ2v) is 26.1. The largest absolute Gasteiger partial charge is 0.508 e. The Balaban J connectivity index is 1.51. The fourth-order valence-electron chi connectivity index (χ4n) is 17.2. The lowest BCUT2D eigenvalue weighted by molar-refractivity contribution is -0.00389. The van der Waals surface area contributed by atoms with Gasteiger partial charge in [-0.2, -0.15) is 4.80 Å². The zero-order valence-corrected chi connectivity index (χ0v) is 45.7. The highest BCUT2D eigenvalue weighted by Crippen LogP contribution is 2.65. The van der Waals surface area contributed by atoms with Crippen LogP contribution < -0.4 is 0 Å². The highest BCUT2D eigenvalue weighted by Gasteiger charge is 2.59. The Morgan fingerprint density at radius 2 is 0.786 bits per heavy atom. The highest BCUT2D eigenvalue weighted by atomic mass is 16.3. The van der Waals surface area contributed by atoms with Gasteiger partial charge < -0.3 is 5.11 Å². The van der Waals surface area contributed by atoms with Gasteiger partial charge in [-0.1, -0.05) is 175 Å². The molecule has 0 saturated heterocycles. The number of aromatic nitrogens is 3. The van der Waals surface area contributed by atoms with Crippen LogP contribution in [0.2, 0.25) is 0 Å². The van der Waals surface area contributed by atoms with E-state index in [-0.39, 0.29) is 5.41 Å². The summed E-state index contributed by atoms with van der Waals surface area (Å²) in [6.07, 6.45) is 14.9. The van der Waals surface area contributed by atoms with E-state index in [9.17, 15) is 5.11 Å². The summed E-state index contributed by atoms with van der Waals surface area (Å²) in [5, 5.41) is 23.8. The summed E-state index contributed by atoms with van der Waals surface area (Å²) in [6, 6.07) is 37.4. The Bertz CT molecular complexity index is 2400. The van der Waals surface area contributed by atoms with Crippen LogP contribution in [0.3, 0.4) is 0 Å². The molecule has 0 bridgehead atoms. The molecular formula is C66H93N3O. The van der Waals surface area contributed by atoms with Crippen molar-refractivity contribution in [2.75, 3.05) is 0 Å². The molecule has 4 saturated carbocycles. The zero-order valence-electron chi connectivity index (χ0n) is 45.7. The molecule has 12 unspecified atom stereocenters. The van der Waals surface area contributed by atoms with Crippen LogP contribution in [0, 0.1) is 94.7 Å². The van der Waals surface area contributed by atoms with Gasteiger partial charge in [0.2, 0.25) is 0 Å². The van der Waals surface area contributed by atoms with Gasteiger partial charge in [0.05, 0.1) is 5.69 Å². The summed E-state index contributed by atoms with van der Waals surface area (Å²) in [5.74, 6) is 8.81. The minimum Gasteiger partial charge on any atom is -0.508 e. The predicted octanol–water partition coefficient (Wildman–Crippen LogP) is 17.5. The molecule has 12 atom stereocenters. The number of hydrogen-bond donors (Lipinski definition) is 1. The molecule has 0 aliphatic heterocycles. The van der Waals surface area contributed by atoms with Crippen LogP contribution in [-0.4, -0.2) is 20.1 Å². The third-order valence-corrected chi connectivity index (χ3v) is 20.4. The maximum atomic E-state index is 13.0. The van der Waals surface area contributed by atoms with Gasteiger partial charge in [-0.25, -0.2) is 0 Å². The van der Waals surface area contributed by atoms with Gasteiger partial charge in [0.25, 0.3) is 0 Å². The molecule has 1 N–H and O–H groups in total. The number of benzene rings is 4. The summed E-state index contributed by atoms with van der Waals surface area (Å²) in [4.78, 5) is 2.03. The Morgan fingerprint density at radius 1 is 0.429 bits per heavy atom. The molecular weight excluding hydrogens is 851 g/mol. The van der Waals surface area contributed by atoms with E-state index in [2.05, 4.69) is 174 Å². The Labute approximate surface area is 425 Å². The highest BCUT2D eigenvalue weighted by molar-refractivity contribution is 5.73. The van der Waals surface area contributed by atoms with Crippen LogP contribution >= 0.6 is 0 Å². The van der Waals surface area contributed by atoms with Gasteiger partial charge in [0.1, 0.15) is 16.8 Å². The summed E-state index contributed by atoms with van der Waals surface area (Å²) in [6.45, 7) is 30.5. The number of phenolic OH excluding ortho intramolecular Hbond substituents is 1. The van der Waals surface area contributed by atoms with Gasteiger partial charge in [-0.15, -0.1) is 10.2 Å². The van der Waals surface area contributed by atoms with E-state index in [1.807, 2.05) is 10.9 Å². The molecule has 4 heteroatoms. The maximum Gasteiger partial charge on any atom is 0.119 e. The molecule has 4 aliphatic carbocycles. The lowest BCUT2D eigenvalue weighted by atomic mass is 9.44. The third kappa shape index (κ3) is 9.24. The normalized spacial score (nSPS) is 31.8. The van der Waals surface area contributed by atoms with Crippen molar-refractivity contribution >= 4 is 11.0 Å². The second-order valence-electron chi connectivity index (χ2n) is 26.1. The molecule has 5 aromatic rings. The number of hydrogen-bond acceptors (Lipinski definition) is 3. The van der Waals surface area contributed by atoms with Crippen LogP contribution in [0.25, 0.3) is 16.7 Å². The summed E-state index contributed by atoms with van der Waals surface area (Å²) < 4.78 is 0. The van der Waals surface area contributed by atoms with Gasteiger partial charge in [0, 0.05) is 16.4 Å². The monoisotopic (exact) mass is 944 g/mol. The molecule has 0 radical (unpaired) electrons. The number of para-hydroxylation sites is 1. The summed E-state index contributed by atoms with van der Waals surface area (Å²) in [7, 11) is 0. The summed E-state index contributed by atoms with van der Waals surface area (Å²) in [5.41, 5.74) is 7.74. The lowest BCUT2D eigenvalue weighted by Crippen LogP contribution is -2.55. The third-order valence-electron chi connectivity index (χ3n) is 20.4. The van der Waals surface area contributed by atoms with Crippen molar-refractivity contribution in [2.45, 2.75) is 171 Å². The first-order valence-electron chi connectivity index (χ1n) is 28.9. The maximum absolute atomic E-state index is 13.0. The van der Waals surface area contributed by atoms with Crippen LogP contribution in [-0.2, 0) is 10.8 Å². The number of rotatable bonds is 13. The van der Waals surface area contributed by atoms with E-state index in [0.717, 1.165) is 35.1 Å². The Kier molecular flexibility index (Phi) is 15.2. The van der Waals surface area contributed by atoms with E-state index < -0.39 is 5.41 Å². The van der Waals surface area contributed by atoms with Crippen LogP contribution in [0.5, 0.6) is 5.75 Å². The lowest BCUT2D eigenvalue weighted by Gasteiger charge is -2.59. The molecule has 0 amide bonds. The smallest absolute Gasteiger partial charge is 0.119 e. The Morgan fingerprint density at radius 3 is 1.19 bits per heavy atom. The van der Waals surface area contributed by atoms with Crippen molar-refractivity contribution in [3.63, 3.8) is 0 Å². The molecule has 378 valence electrons. The van der Waals surface area contributed by atoms with E-state index in [4.69, 9.17) is 10.2 Å². The van der Waals surface area contributed by atoms with Gasteiger partial charge >= 0.3 is 0 Å². The van der Waals surface area contributed by atoms with Crippen LogP contribution in [0.15, 0.2) is 97.1 Å². The van der Waals surface area contributed by atoms with Crippen LogP contribution in [0.4, 0.5) is 0 Å². The van der Waals surface area contributed by atoms with Crippen molar-refractivity contribution in [3.8, 4) is 11.4 Å². The van der Waals surface area contributed by atoms with Crippen molar-refractivity contribution in [2.24, 2.45) is 94.7 Å². The molecule has 4 aliphatic rings. The van der Waals surface area contributed by atoms with E-state index in [0.29, 0.717) is 100 Å². The first kappa shape index (κ1) is 51.0. The minimum absolute atomic E-state index is 0.287. The van der Waals surface area contributed by atoms with Crippen molar-refractivity contribution < 1.29 is 5.11 Å². The molecule has 4 nitrogen and oxygen atoms in total. The topological polar surface area (TPSA) is 50.9 Å². The first-order valence-corrected chi connectivity index (χ1v) is 28.9. The molecule has 70 heavy (non-hydrogen) atoms. The average molecular weight is 944 g/mol. The van der Waals surface area contributed by atoms with Crippen molar-refractivity contribution in [3.05, 3.63) is 119 Å². The van der Waals surface area contributed by atoms with Crippen molar-refractivity contribution in [1.82, 2.24) is 15.0 Å². The second kappa shape index (κ2) is 20.9. The molecule has 0 spiro atoms. The molecule has 1 aromatic heterocycles. The quantitative estimate of drug-likeness (QED) is 0.128. The van der Waals surface area contributed by atoms with E-state index >= 15 is 0 Å². The fourth-order valence-corrected chi connectivity index (χ4v) is 17.2. The minimum atomic E-state index is -0.479. The molecule has 1 heterocycles. The zero-order chi connectivity index (χ0) is 49.6. The number of fused-ring (bicyclic) bond motifs is 1. The predicted molar refractivity (Wildman–Crippen MR) is 294 cm³/mol.